The van der Waals surface area contributed by atoms with Crippen LogP contribution in [-0.2, 0) is 0 Å². The molecule has 0 aliphatic heterocycles. The monoisotopic (exact) mass is 484 g/mol. The number of nitrogens with one attached hydrogen (secondary N) is 1. The van der Waals surface area contributed by atoms with E-state index in [4.69, 9.17) is 9.15 Å². The molecule has 35 heavy (non-hydrogen) atoms. The van der Waals surface area contributed by atoms with E-state index in [1.165, 1.54) is 12.8 Å². The van der Waals surface area contributed by atoms with Crippen molar-refractivity contribution >= 4 is 49.9 Å². The highest BCUT2D eigenvalue weighted by atomic mass is 32.1. The SMILES string of the molecule is COc1ccc(C(=O)c2oc3ccccc3c2NC(=O)c2cc3sccc3n2C2CCCC2)cc1. The minimum atomic E-state index is -0.300. The summed E-state index contributed by atoms with van der Waals surface area (Å²) in [6.45, 7) is 0. The lowest BCUT2D eigenvalue weighted by Crippen LogP contribution is -2.20. The van der Waals surface area contributed by atoms with Crippen molar-refractivity contribution in [2.75, 3.05) is 12.4 Å². The number of rotatable bonds is 6. The summed E-state index contributed by atoms with van der Waals surface area (Å²) < 4.78 is 14.5. The number of ketones is 1. The van der Waals surface area contributed by atoms with Gasteiger partial charge in [0.1, 0.15) is 17.0 Å². The fourth-order valence-electron chi connectivity index (χ4n) is 5.06. The molecule has 1 aliphatic rings. The molecule has 0 bridgehead atoms. The summed E-state index contributed by atoms with van der Waals surface area (Å²) in [7, 11) is 1.58. The second-order valence-electron chi connectivity index (χ2n) is 8.82. The van der Waals surface area contributed by atoms with Gasteiger partial charge in [-0.1, -0.05) is 25.0 Å². The molecule has 1 fully saturated rings. The van der Waals surface area contributed by atoms with Crippen LogP contribution < -0.4 is 10.1 Å². The molecule has 1 saturated carbocycles. The number of para-hydroxylation sites is 1. The van der Waals surface area contributed by atoms with Crippen molar-refractivity contribution in [1.82, 2.24) is 4.57 Å². The highest BCUT2D eigenvalue weighted by Gasteiger charge is 2.28. The van der Waals surface area contributed by atoms with Crippen LogP contribution in [0, 0.1) is 0 Å². The highest BCUT2D eigenvalue weighted by molar-refractivity contribution is 7.17. The maximum Gasteiger partial charge on any atom is 0.272 e. The van der Waals surface area contributed by atoms with Crippen LogP contribution in [0.1, 0.15) is 58.3 Å². The normalized spacial score (nSPS) is 14.1. The molecule has 0 spiro atoms. The number of methoxy groups -OCH3 is 1. The van der Waals surface area contributed by atoms with E-state index in [1.807, 2.05) is 24.3 Å². The molecule has 0 radical (unpaired) electrons. The van der Waals surface area contributed by atoms with Crippen molar-refractivity contribution in [2.45, 2.75) is 31.7 Å². The zero-order chi connectivity index (χ0) is 23.9. The molecule has 3 heterocycles. The van der Waals surface area contributed by atoms with Gasteiger partial charge in [0.15, 0.2) is 5.76 Å². The van der Waals surface area contributed by atoms with E-state index < -0.39 is 0 Å². The van der Waals surface area contributed by atoms with E-state index >= 15 is 0 Å². The first-order valence-corrected chi connectivity index (χ1v) is 12.6. The molecule has 6 nitrogen and oxygen atoms in total. The third kappa shape index (κ3) is 3.72. The van der Waals surface area contributed by atoms with E-state index in [0.717, 1.165) is 23.1 Å². The number of benzene rings is 2. The average Bonchev–Trinajstić information content (AvgIpc) is 3.67. The van der Waals surface area contributed by atoms with Crippen molar-refractivity contribution in [3.63, 3.8) is 0 Å². The van der Waals surface area contributed by atoms with Gasteiger partial charge in [-0.25, -0.2) is 0 Å². The molecule has 0 atom stereocenters. The Morgan fingerprint density at radius 1 is 1.06 bits per heavy atom. The van der Waals surface area contributed by atoms with Gasteiger partial charge in [0.2, 0.25) is 5.78 Å². The molecule has 1 amide bonds. The van der Waals surface area contributed by atoms with Gasteiger partial charge in [-0.15, -0.1) is 11.3 Å². The number of aromatic nitrogens is 1. The molecular formula is C28H24N2O4S. The number of fused-ring (bicyclic) bond motifs is 2. The average molecular weight is 485 g/mol. The second-order valence-corrected chi connectivity index (χ2v) is 9.77. The Morgan fingerprint density at radius 3 is 2.60 bits per heavy atom. The number of amides is 1. The molecule has 1 aliphatic carbocycles. The topological polar surface area (TPSA) is 73.5 Å². The zero-order valence-corrected chi connectivity index (χ0v) is 20.1. The lowest BCUT2D eigenvalue weighted by molar-refractivity contribution is 0.101. The van der Waals surface area contributed by atoms with Crippen molar-refractivity contribution in [3.05, 3.63) is 83.1 Å². The summed E-state index contributed by atoms with van der Waals surface area (Å²) >= 11 is 1.63. The highest BCUT2D eigenvalue weighted by Crippen LogP contribution is 2.38. The van der Waals surface area contributed by atoms with Gasteiger partial charge in [0, 0.05) is 17.0 Å². The summed E-state index contributed by atoms with van der Waals surface area (Å²) in [5.74, 6) is 0.236. The number of anilines is 1. The summed E-state index contributed by atoms with van der Waals surface area (Å²) in [5, 5.41) is 5.80. The van der Waals surface area contributed by atoms with Crippen molar-refractivity contribution in [3.8, 4) is 5.75 Å². The summed E-state index contributed by atoms with van der Waals surface area (Å²) in [6, 6.07) is 18.6. The molecule has 176 valence electrons. The number of hydrogen-bond acceptors (Lipinski definition) is 5. The summed E-state index contributed by atoms with van der Waals surface area (Å²) in [5.41, 5.74) is 3.11. The maximum absolute atomic E-state index is 13.7. The molecule has 7 heteroatoms. The second kappa shape index (κ2) is 8.74. The Balaban J connectivity index is 1.41. The number of thiophene rings is 1. The van der Waals surface area contributed by atoms with E-state index in [1.54, 1.807) is 48.8 Å². The largest absolute Gasteiger partial charge is 0.497 e. The number of carbonyl (C=O) groups excluding carboxylic acids is 2. The van der Waals surface area contributed by atoms with Crippen LogP contribution >= 0.6 is 11.3 Å². The Hall–Kier alpha value is -3.84. The number of nitrogens with zero attached hydrogens (tertiary/aromatic N) is 1. The third-order valence-corrected chi connectivity index (χ3v) is 7.63. The fourth-order valence-corrected chi connectivity index (χ4v) is 5.87. The predicted molar refractivity (Wildman–Crippen MR) is 138 cm³/mol. The van der Waals surface area contributed by atoms with Gasteiger partial charge in [0.05, 0.1) is 23.0 Å². The van der Waals surface area contributed by atoms with Crippen LogP contribution in [0.4, 0.5) is 5.69 Å². The number of hydrogen-bond donors (Lipinski definition) is 1. The van der Waals surface area contributed by atoms with E-state index in [9.17, 15) is 9.59 Å². The lowest BCUT2D eigenvalue weighted by atomic mass is 10.1. The molecule has 2 aromatic carbocycles. The van der Waals surface area contributed by atoms with Gasteiger partial charge in [0.25, 0.3) is 5.91 Å². The van der Waals surface area contributed by atoms with Crippen LogP contribution in [0.15, 0.2) is 70.5 Å². The van der Waals surface area contributed by atoms with E-state index in [-0.39, 0.29) is 17.5 Å². The first-order valence-electron chi connectivity index (χ1n) is 11.7. The van der Waals surface area contributed by atoms with E-state index in [2.05, 4.69) is 21.3 Å². The minimum absolute atomic E-state index is 0.116. The molecular weight excluding hydrogens is 460 g/mol. The molecule has 5 aromatic rings. The third-order valence-electron chi connectivity index (χ3n) is 6.78. The van der Waals surface area contributed by atoms with Crippen LogP contribution in [0.2, 0.25) is 0 Å². The Kier molecular flexibility index (Phi) is 5.41. The van der Waals surface area contributed by atoms with Gasteiger partial charge in [-0.3, -0.25) is 9.59 Å². The minimum Gasteiger partial charge on any atom is -0.497 e. The van der Waals surface area contributed by atoms with Crippen molar-refractivity contribution in [2.24, 2.45) is 0 Å². The zero-order valence-electron chi connectivity index (χ0n) is 19.2. The number of carbonyl (C=O) groups is 2. The van der Waals surface area contributed by atoms with Crippen LogP contribution in [0.5, 0.6) is 5.75 Å². The Bertz CT molecular complexity index is 1550. The molecule has 1 N–H and O–H groups in total. The number of ether oxygens (including phenoxy) is 1. The van der Waals surface area contributed by atoms with Gasteiger partial charge in [-0.05, 0) is 66.8 Å². The summed E-state index contributed by atoms with van der Waals surface area (Å²) in [6.07, 6.45) is 4.47. The van der Waals surface area contributed by atoms with Gasteiger partial charge >= 0.3 is 0 Å². The Labute approximate surface area is 206 Å². The fraction of sp³-hybridized carbons (Fsp3) is 0.214. The van der Waals surface area contributed by atoms with Crippen LogP contribution in [-0.4, -0.2) is 23.4 Å². The molecule has 6 rings (SSSR count). The standard InChI is InChI=1S/C28H24N2O4S/c1-33-19-12-10-17(11-13-19)26(31)27-25(20-8-4-5-9-23(20)34-27)29-28(32)22-16-24-21(14-15-35-24)30(22)18-6-2-3-7-18/h4-5,8-16,18H,2-3,6-7H2,1H3,(H,29,32). The molecule has 0 unspecified atom stereocenters. The first-order chi connectivity index (χ1) is 17.1. The Morgan fingerprint density at radius 2 is 1.83 bits per heavy atom. The van der Waals surface area contributed by atoms with Crippen LogP contribution in [0.3, 0.4) is 0 Å². The van der Waals surface area contributed by atoms with Gasteiger partial charge < -0.3 is 19.0 Å². The first kappa shape index (κ1) is 21.7. The lowest BCUT2D eigenvalue weighted by Gasteiger charge is -2.17. The maximum atomic E-state index is 13.7. The molecule has 0 saturated heterocycles. The van der Waals surface area contributed by atoms with Crippen LogP contribution in [0.25, 0.3) is 21.2 Å². The van der Waals surface area contributed by atoms with Gasteiger partial charge in [-0.2, -0.15) is 0 Å². The smallest absolute Gasteiger partial charge is 0.272 e. The molecule has 3 aromatic heterocycles. The number of furan rings is 1. The van der Waals surface area contributed by atoms with Crippen molar-refractivity contribution in [1.29, 1.82) is 0 Å². The quantitative estimate of drug-likeness (QED) is 0.262. The van der Waals surface area contributed by atoms with Crippen molar-refractivity contribution < 1.29 is 18.7 Å². The summed E-state index contributed by atoms with van der Waals surface area (Å²) in [4.78, 5) is 27.1. The van der Waals surface area contributed by atoms with E-state index in [0.29, 0.717) is 39.7 Å². The predicted octanol–water partition coefficient (Wildman–Crippen LogP) is 7.06.